The molecule has 0 fully saturated rings. The van der Waals surface area contributed by atoms with Gasteiger partial charge in [-0.05, 0) is 24.6 Å². The first-order valence-corrected chi connectivity index (χ1v) is 6.34. The highest BCUT2D eigenvalue weighted by Crippen LogP contribution is 2.06. The number of methoxy groups -OCH3 is 1. The molecule has 1 amide bonds. The monoisotopic (exact) mass is 285 g/mol. The lowest BCUT2D eigenvalue weighted by atomic mass is 10.1. The molecule has 1 heterocycles. The van der Waals surface area contributed by atoms with Crippen LogP contribution in [0.4, 0.5) is 5.95 Å². The average molecular weight is 285 g/mol. The van der Waals surface area contributed by atoms with Crippen LogP contribution in [0.3, 0.4) is 0 Å². The summed E-state index contributed by atoms with van der Waals surface area (Å²) in [5.74, 6) is -0.0637. The number of nitrogens with one attached hydrogen (secondary N) is 1. The second kappa shape index (κ2) is 6.63. The van der Waals surface area contributed by atoms with E-state index >= 15 is 0 Å². The van der Waals surface area contributed by atoms with E-state index in [1.165, 1.54) is 13.4 Å². The van der Waals surface area contributed by atoms with Crippen molar-refractivity contribution in [3.8, 4) is 6.07 Å². The third kappa shape index (κ3) is 3.87. The fourth-order valence-electron chi connectivity index (χ4n) is 1.62. The highest BCUT2D eigenvalue weighted by Gasteiger charge is 2.13. The molecule has 1 aromatic carbocycles. The van der Waals surface area contributed by atoms with E-state index in [0.717, 1.165) is 5.56 Å². The first kappa shape index (κ1) is 14.7. The number of carbonyl (C=O) groups excluding carboxylic acids is 1. The summed E-state index contributed by atoms with van der Waals surface area (Å²) >= 11 is 0. The molecule has 2 rings (SSSR count). The molecular weight excluding hydrogens is 270 g/mol. The maximum absolute atomic E-state index is 11.6. The lowest BCUT2D eigenvalue weighted by Crippen LogP contribution is -2.27. The van der Waals surface area contributed by atoms with Gasteiger partial charge in [-0.3, -0.25) is 10.1 Å². The van der Waals surface area contributed by atoms with E-state index in [-0.39, 0.29) is 11.9 Å². The van der Waals surface area contributed by atoms with Crippen LogP contribution >= 0.6 is 0 Å². The number of nitriles is 1. The Labute approximate surface area is 122 Å². The Kier molecular flexibility index (Phi) is 4.64. The van der Waals surface area contributed by atoms with Crippen molar-refractivity contribution < 1.29 is 9.53 Å². The Morgan fingerprint density at radius 2 is 2.19 bits per heavy atom. The van der Waals surface area contributed by atoms with Gasteiger partial charge in [-0.2, -0.15) is 5.26 Å². The molecule has 108 valence electrons. The number of hydrogen-bond acceptors (Lipinski definition) is 5. The van der Waals surface area contributed by atoms with Crippen molar-refractivity contribution in [2.24, 2.45) is 0 Å². The van der Waals surface area contributed by atoms with Crippen LogP contribution in [0, 0.1) is 11.3 Å². The zero-order valence-corrected chi connectivity index (χ0v) is 11.8. The Morgan fingerprint density at radius 1 is 1.48 bits per heavy atom. The summed E-state index contributed by atoms with van der Waals surface area (Å²) < 4.78 is 6.51. The molecule has 0 aliphatic rings. The van der Waals surface area contributed by atoms with Crippen LogP contribution in [-0.2, 0) is 16.1 Å². The lowest BCUT2D eigenvalue weighted by Gasteiger charge is -2.07. The molecule has 21 heavy (non-hydrogen) atoms. The van der Waals surface area contributed by atoms with Crippen LogP contribution in [0.25, 0.3) is 0 Å². The molecule has 0 saturated carbocycles. The maximum Gasteiger partial charge on any atom is 0.255 e. The summed E-state index contributed by atoms with van der Waals surface area (Å²) in [5, 5.41) is 15.5. The Hall–Kier alpha value is -2.72. The summed E-state index contributed by atoms with van der Waals surface area (Å²) in [7, 11) is 1.46. The van der Waals surface area contributed by atoms with Crippen molar-refractivity contribution >= 4 is 11.9 Å². The van der Waals surface area contributed by atoms with E-state index < -0.39 is 6.10 Å². The van der Waals surface area contributed by atoms with Crippen LogP contribution in [0.15, 0.2) is 30.6 Å². The first-order valence-electron chi connectivity index (χ1n) is 6.34. The fraction of sp³-hybridized carbons (Fsp3) is 0.286. The summed E-state index contributed by atoms with van der Waals surface area (Å²) in [4.78, 5) is 15.6. The van der Waals surface area contributed by atoms with Crippen LogP contribution < -0.4 is 5.32 Å². The minimum atomic E-state index is -0.560. The van der Waals surface area contributed by atoms with E-state index in [4.69, 9.17) is 10.00 Å². The number of anilines is 1. The van der Waals surface area contributed by atoms with Crippen LogP contribution in [0.1, 0.15) is 18.1 Å². The van der Waals surface area contributed by atoms with Gasteiger partial charge in [0, 0.05) is 7.11 Å². The molecular formula is C14H15N5O2. The normalized spacial score (nSPS) is 11.7. The zero-order valence-electron chi connectivity index (χ0n) is 11.8. The average Bonchev–Trinajstić information content (AvgIpc) is 2.94. The van der Waals surface area contributed by atoms with Crippen molar-refractivity contribution in [3.05, 3.63) is 41.7 Å². The summed E-state index contributed by atoms with van der Waals surface area (Å²) in [6, 6.07) is 9.26. The molecule has 0 bridgehead atoms. The molecule has 0 aliphatic heterocycles. The van der Waals surface area contributed by atoms with Crippen molar-refractivity contribution in [1.82, 2.24) is 14.8 Å². The van der Waals surface area contributed by atoms with Crippen molar-refractivity contribution in [2.75, 3.05) is 12.4 Å². The van der Waals surface area contributed by atoms with E-state index in [2.05, 4.69) is 21.5 Å². The van der Waals surface area contributed by atoms with Crippen molar-refractivity contribution in [3.63, 3.8) is 0 Å². The smallest absolute Gasteiger partial charge is 0.255 e. The number of hydrogen-bond donors (Lipinski definition) is 1. The van der Waals surface area contributed by atoms with Gasteiger partial charge in [0.05, 0.1) is 18.2 Å². The molecule has 1 aromatic heterocycles. The van der Waals surface area contributed by atoms with E-state index in [1.807, 2.05) is 12.1 Å². The number of aromatic nitrogens is 3. The molecule has 0 radical (unpaired) electrons. The van der Waals surface area contributed by atoms with Gasteiger partial charge >= 0.3 is 0 Å². The van der Waals surface area contributed by atoms with Crippen LogP contribution in [-0.4, -0.2) is 33.9 Å². The molecule has 1 unspecified atom stereocenters. The van der Waals surface area contributed by atoms with Crippen molar-refractivity contribution in [2.45, 2.75) is 19.6 Å². The van der Waals surface area contributed by atoms with Crippen LogP contribution in [0.2, 0.25) is 0 Å². The number of amides is 1. The van der Waals surface area contributed by atoms with Gasteiger partial charge in [-0.1, -0.05) is 12.1 Å². The van der Waals surface area contributed by atoms with E-state index in [0.29, 0.717) is 12.1 Å². The van der Waals surface area contributed by atoms with Gasteiger partial charge < -0.3 is 4.74 Å². The third-order valence-electron chi connectivity index (χ3n) is 2.92. The Bertz CT molecular complexity index is 657. The number of ether oxygens (including phenoxy) is 1. The summed E-state index contributed by atoms with van der Waals surface area (Å²) in [6.07, 6.45) is 0.973. The summed E-state index contributed by atoms with van der Waals surface area (Å²) in [5.41, 5.74) is 1.60. The molecule has 7 heteroatoms. The van der Waals surface area contributed by atoms with Gasteiger partial charge in [0.25, 0.3) is 5.91 Å². The molecule has 0 aliphatic carbocycles. The number of benzene rings is 1. The second-order valence-electron chi connectivity index (χ2n) is 4.44. The molecule has 0 spiro atoms. The van der Waals surface area contributed by atoms with Gasteiger partial charge in [-0.15, -0.1) is 5.10 Å². The predicted molar refractivity (Wildman–Crippen MR) is 75.4 cm³/mol. The van der Waals surface area contributed by atoms with Gasteiger partial charge in [-0.25, -0.2) is 9.67 Å². The third-order valence-corrected chi connectivity index (χ3v) is 2.92. The van der Waals surface area contributed by atoms with Crippen molar-refractivity contribution in [1.29, 1.82) is 5.26 Å². The minimum Gasteiger partial charge on any atom is -0.372 e. The number of carbonyl (C=O) groups is 1. The van der Waals surface area contributed by atoms with Gasteiger partial charge in [0.1, 0.15) is 12.4 Å². The maximum atomic E-state index is 11.6. The summed E-state index contributed by atoms with van der Waals surface area (Å²) in [6.45, 7) is 2.15. The minimum absolute atomic E-state index is 0.234. The second-order valence-corrected chi connectivity index (χ2v) is 4.44. The fourth-order valence-corrected chi connectivity index (χ4v) is 1.62. The molecule has 1 atom stereocenters. The quantitative estimate of drug-likeness (QED) is 0.890. The predicted octanol–water partition coefficient (Wildman–Crippen LogP) is 1.17. The van der Waals surface area contributed by atoms with E-state index in [9.17, 15) is 4.79 Å². The topological polar surface area (TPSA) is 92.8 Å². The highest BCUT2D eigenvalue weighted by atomic mass is 16.5. The van der Waals surface area contributed by atoms with E-state index in [1.54, 1.807) is 23.7 Å². The zero-order chi connectivity index (χ0) is 15.2. The number of rotatable bonds is 5. The standard InChI is InChI=1S/C14H15N5O2/c1-10(21-2)13(20)17-14-16-9-19(18-14)8-12-5-3-11(7-15)4-6-12/h3-6,9-10H,8H2,1-2H3,(H,17,18,20). The first-order chi connectivity index (χ1) is 10.1. The lowest BCUT2D eigenvalue weighted by molar-refractivity contribution is -0.124. The van der Waals surface area contributed by atoms with Gasteiger partial charge in [0.15, 0.2) is 0 Å². The van der Waals surface area contributed by atoms with Crippen LogP contribution in [0.5, 0.6) is 0 Å². The Morgan fingerprint density at radius 3 is 2.81 bits per heavy atom. The Balaban J connectivity index is 1.99. The SMILES string of the molecule is COC(C)C(=O)Nc1ncn(Cc2ccc(C#N)cc2)n1. The number of nitrogens with zero attached hydrogens (tertiary/aromatic N) is 4. The molecule has 7 nitrogen and oxygen atoms in total. The molecule has 1 N–H and O–H groups in total. The highest BCUT2D eigenvalue weighted by molar-refractivity contribution is 5.92. The van der Waals surface area contributed by atoms with Gasteiger partial charge in [0.2, 0.25) is 5.95 Å². The molecule has 0 saturated heterocycles. The molecule has 2 aromatic rings. The largest absolute Gasteiger partial charge is 0.372 e.